The Labute approximate surface area is 117 Å². The molecule has 19 heavy (non-hydrogen) atoms. The Kier molecular flexibility index (Phi) is 4.14. The van der Waals surface area contributed by atoms with E-state index < -0.39 is 11.6 Å². The van der Waals surface area contributed by atoms with E-state index in [4.69, 9.17) is 0 Å². The molecule has 0 aliphatic heterocycles. The Morgan fingerprint density at radius 3 is 2.26 bits per heavy atom. The molecule has 0 aromatic heterocycles. The summed E-state index contributed by atoms with van der Waals surface area (Å²) in [6.45, 7) is 1.85. The number of benzene rings is 2. The number of hydrogen-bond donors (Lipinski definition) is 1. The Hall–Kier alpha value is -1.49. The molecule has 0 radical (unpaired) electrons. The molecule has 1 atom stereocenters. The number of anilines is 1. The lowest BCUT2D eigenvalue weighted by Gasteiger charge is -2.16. The molecule has 0 aliphatic carbocycles. The van der Waals surface area contributed by atoms with Gasteiger partial charge in [0.1, 0.15) is 5.82 Å². The molecular formula is C14H11BrF3N. The molecule has 0 aliphatic rings. The average molecular weight is 330 g/mol. The fourth-order valence-electron chi connectivity index (χ4n) is 1.70. The van der Waals surface area contributed by atoms with Crippen molar-refractivity contribution in [2.45, 2.75) is 13.0 Å². The van der Waals surface area contributed by atoms with Crippen LogP contribution in [-0.4, -0.2) is 0 Å². The summed E-state index contributed by atoms with van der Waals surface area (Å²) in [6, 6.07) is 8.07. The zero-order valence-electron chi connectivity index (χ0n) is 10.1. The van der Waals surface area contributed by atoms with Crippen LogP contribution in [0.2, 0.25) is 0 Å². The van der Waals surface area contributed by atoms with E-state index in [1.54, 1.807) is 12.1 Å². The van der Waals surface area contributed by atoms with E-state index in [2.05, 4.69) is 21.2 Å². The second-order valence-electron chi connectivity index (χ2n) is 4.17. The van der Waals surface area contributed by atoms with Crippen LogP contribution in [0.5, 0.6) is 0 Å². The molecule has 0 fully saturated rings. The van der Waals surface area contributed by atoms with Crippen LogP contribution in [0.1, 0.15) is 18.5 Å². The summed E-state index contributed by atoms with van der Waals surface area (Å²) in [6.07, 6.45) is 0. The fraction of sp³-hybridized carbons (Fsp3) is 0.143. The van der Waals surface area contributed by atoms with Gasteiger partial charge in [0.2, 0.25) is 0 Å². The number of hydrogen-bond acceptors (Lipinski definition) is 1. The molecule has 0 saturated heterocycles. The molecule has 0 spiro atoms. The van der Waals surface area contributed by atoms with Crippen molar-refractivity contribution in [1.82, 2.24) is 0 Å². The summed E-state index contributed by atoms with van der Waals surface area (Å²) >= 11 is 3.11. The molecule has 100 valence electrons. The van der Waals surface area contributed by atoms with Crippen LogP contribution in [0.25, 0.3) is 0 Å². The Bertz CT molecular complexity index is 601. The molecule has 0 amide bonds. The molecule has 0 saturated carbocycles. The highest BCUT2D eigenvalue weighted by molar-refractivity contribution is 9.10. The van der Waals surface area contributed by atoms with Gasteiger partial charge in [0.15, 0.2) is 11.6 Å². The molecule has 1 unspecified atom stereocenters. The smallest absolute Gasteiger partial charge is 0.160 e. The van der Waals surface area contributed by atoms with E-state index in [9.17, 15) is 13.2 Å². The molecule has 2 rings (SSSR count). The quantitative estimate of drug-likeness (QED) is 0.831. The fourth-order valence-corrected chi connectivity index (χ4v) is 2.10. The summed E-state index contributed by atoms with van der Waals surface area (Å²) in [5.41, 5.74) is 1.30. The van der Waals surface area contributed by atoms with Gasteiger partial charge in [-0.2, -0.15) is 0 Å². The number of rotatable bonds is 3. The van der Waals surface area contributed by atoms with Gasteiger partial charge in [0, 0.05) is 17.8 Å². The van der Waals surface area contributed by atoms with Gasteiger partial charge < -0.3 is 5.32 Å². The molecule has 5 heteroatoms. The van der Waals surface area contributed by atoms with Crippen molar-refractivity contribution in [3.8, 4) is 0 Å². The Morgan fingerprint density at radius 2 is 1.63 bits per heavy atom. The van der Waals surface area contributed by atoms with Crippen LogP contribution in [0.15, 0.2) is 40.9 Å². The first-order chi connectivity index (χ1) is 8.97. The second kappa shape index (κ2) is 5.65. The monoisotopic (exact) mass is 329 g/mol. The molecule has 1 N–H and O–H groups in total. The largest absolute Gasteiger partial charge is 0.378 e. The van der Waals surface area contributed by atoms with Crippen LogP contribution < -0.4 is 5.32 Å². The van der Waals surface area contributed by atoms with Gasteiger partial charge in [-0.25, -0.2) is 13.2 Å². The molecule has 0 bridgehead atoms. The standard InChI is InChI=1S/C14H11BrF3N/c1-8(9-2-4-12(16)11(15)6-9)19-10-3-5-13(17)14(18)7-10/h2-8,19H,1H3. The van der Waals surface area contributed by atoms with Crippen molar-refractivity contribution < 1.29 is 13.2 Å². The first-order valence-corrected chi connectivity index (χ1v) is 6.43. The van der Waals surface area contributed by atoms with Gasteiger partial charge in [-0.15, -0.1) is 0 Å². The van der Waals surface area contributed by atoms with Crippen molar-refractivity contribution in [2.24, 2.45) is 0 Å². The first kappa shape index (κ1) is 13.9. The third-order valence-electron chi connectivity index (χ3n) is 2.75. The average Bonchev–Trinajstić information content (AvgIpc) is 2.37. The molecule has 2 aromatic rings. The van der Waals surface area contributed by atoms with Gasteiger partial charge in [-0.05, 0) is 52.7 Å². The van der Waals surface area contributed by atoms with Crippen molar-refractivity contribution in [1.29, 1.82) is 0 Å². The maximum absolute atomic E-state index is 13.1. The van der Waals surface area contributed by atoms with E-state index in [0.717, 1.165) is 17.7 Å². The minimum absolute atomic E-state index is 0.165. The lowest BCUT2D eigenvalue weighted by atomic mass is 10.1. The maximum atomic E-state index is 13.1. The van der Waals surface area contributed by atoms with Crippen molar-refractivity contribution >= 4 is 21.6 Å². The lowest BCUT2D eigenvalue weighted by Crippen LogP contribution is -2.07. The Morgan fingerprint density at radius 1 is 0.947 bits per heavy atom. The summed E-state index contributed by atoms with van der Waals surface area (Å²) in [5.74, 6) is -2.14. The molecular weight excluding hydrogens is 319 g/mol. The van der Waals surface area contributed by atoms with Gasteiger partial charge >= 0.3 is 0 Å². The van der Waals surface area contributed by atoms with E-state index in [1.807, 2.05) is 6.92 Å². The first-order valence-electron chi connectivity index (χ1n) is 5.64. The van der Waals surface area contributed by atoms with Gasteiger partial charge in [-0.1, -0.05) is 6.07 Å². The Balaban J connectivity index is 2.17. The summed E-state index contributed by atoms with van der Waals surface area (Å²) in [5, 5.41) is 3.02. The summed E-state index contributed by atoms with van der Waals surface area (Å²) in [7, 11) is 0. The zero-order valence-corrected chi connectivity index (χ0v) is 11.6. The predicted molar refractivity (Wildman–Crippen MR) is 72.5 cm³/mol. The van der Waals surface area contributed by atoms with E-state index >= 15 is 0 Å². The minimum Gasteiger partial charge on any atom is -0.378 e. The van der Waals surface area contributed by atoms with Crippen LogP contribution in [-0.2, 0) is 0 Å². The SMILES string of the molecule is CC(Nc1ccc(F)c(F)c1)c1ccc(F)c(Br)c1. The normalized spacial score (nSPS) is 12.3. The van der Waals surface area contributed by atoms with E-state index in [1.165, 1.54) is 12.1 Å². The van der Waals surface area contributed by atoms with Crippen LogP contribution in [0, 0.1) is 17.5 Å². The third kappa shape index (κ3) is 3.29. The molecule has 1 nitrogen and oxygen atoms in total. The van der Waals surface area contributed by atoms with Crippen LogP contribution in [0.4, 0.5) is 18.9 Å². The highest BCUT2D eigenvalue weighted by Gasteiger charge is 2.09. The highest BCUT2D eigenvalue weighted by Crippen LogP contribution is 2.24. The van der Waals surface area contributed by atoms with E-state index in [-0.39, 0.29) is 11.9 Å². The number of nitrogens with one attached hydrogen (secondary N) is 1. The predicted octanol–water partition coefficient (Wildman–Crippen LogP) is 5.04. The number of halogens is 4. The maximum Gasteiger partial charge on any atom is 0.160 e. The summed E-state index contributed by atoms with van der Waals surface area (Å²) < 4.78 is 39.4. The van der Waals surface area contributed by atoms with Gasteiger partial charge in [0.25, 0.3) is 0 Å². The van der Waals surface area contributed by atoms with E-state index in [0.29, 0.717) is 10.2 Å². The second-order valence-corrected chi connectivity index (χ2v) is 5.02. The zero-order chi connectivity index (χ0) is 14.0. The molecule has 2 aromatic carbocycles. The topological polar surface area (TPSA) is 12.0 Å². The molecule has 0 heterocycles. The van der Waals surface area contributed by atoms with Crippen molar-refractivity contribution in [3.05, 3.63) is 63.9 Å². The van der Waals surface area contributed by atoms with Gasteiger partial charge in [-0.3, -0.25) is 0 Å². The van der Waals surface area contributed by atoms with Gasteiger partial charge in [0.05, 0.1) is 4.47 Å². The summed E-state index contributed by atoms with van der Waals surface area (Å²) in [4.78, 5) is 0. The van der Waals surface area contributed by atoms with Crippen LogP contribution in [0.3, 0.4) is 0 Å². The third-order valence-corrected chi connectivity index (χ3v) is 3.35. The van der Waals surface area contributed by atoms with Crippen LogP contribution >= 0.6 is 15.9 Å². The highest BCUT2D eigenvalue weighted by atomic mass is 79.9. The van der Waals surface area contributed by atoms with Crippen molar-refractivity contribution in [2.75, 3.05) is 5.32 Å². The van der Waals surface area contributed by atoms with Crippen molar-refractivity contribution in [3.63, 3.8) is 0 Å². The lowest BCUT2D eigenvalue weighted by molar-refractivity contribution is 0.509. The minimum atomic E-state index is -0.905.